The Bertz CT molecular complexity index is 739. The van der Waals surface area contributed by atoms with Gasteiger partial charge in [-0.3, -0.25) is 4.40 Å². The molecule has 2 aromatic heterocycles. The van der Waals surface area contributed by atoms with Crippen LogP contribution in [0, 0.1) is 13.8 Å². The Morgan fingerprint density at radius 3 is 2.50 bits per heavy atom. The smallest absolute Gasteiger partial charge is 0.137 e. The molecule has 0 bridgehead atoms. The van der Waals surface area contributed by atoms with Crippen molar-refractivity contribution in [3.63, 3.8) is 0 Å². The lowest BCUT2D eigenvalue weighted by Gasteiger charge is -2.08. The van der Waals surface area contributed by atoms with Crippen LogP contribution in [-0.2, 0) is 6.42 Å². The molecule has 0 aliphatic heterocycles. The molecule has 0 amide bonds. The highest BCUT2D eigenvalue weighted by molar-refractivity contribution is 5.68. The summed E-state index contributed by atoms with van der Waals surface area (Å²) in [6.45, 7) is 4.82. The highest BCUT2D eigenvalue weighted by atomic mass is 15.0. The van der Waals surface area contributed by atoms with E-state index in [1.165, 1.54) is 22.5 Å². The third kappa shape index (κ3) is 2.10. The molecule has 0 unspecified atom stereocenters. The van der Waals surface area contributed by atoms with Crippen LogP contribution in [0.2, 0.25) is 0 Å². The Hall–Kier alpha value is -2.13. The average Bonchev–Trinajstić information content (AvgIpc) is 2.80. The lowest BCUT2D eigenvalue weighted by atomic mass is 10.1. The molecular weight excluding hydrogens is 246 g/mol. The normalized spacial score (nSPS) is 11.2. The number of nitrogens with zero attached hydrogens (tertiary/aromatic N) is 2. The molecule has 1 aromatic carbocycles. The second-order valence-corrected chi connectivity index (χ2v) is 5.17. The van der Waals surface area contributed by atoms with Crippen LogP contribution in [0.3, 0.4) is 0 Å². The van der Waals surface area contributed by atoms with Crippen molar-refractivity contribution in [1.29, 1.82) is 0 Å². The summed E-state index contributed by atoms with van der Waals surface area (Å²) in [5.74, 6) is 0. The Labute approximate surface area is 119 Å². The van der Waals surface area contributed by atoms with Gasteiger partial charge in [0, 0.05) is 17.7 Å². The molecule has 0 saturated carbocycles. The monoisotopic (exact) mass is 265 g/mol. The van der Waals surface area contributed by atoms with Gasteiger partial charge in [-0.05, 0) is 32.5 Å². The van der Waals surface area contributed by atoms with Gasteiger partial charge in [0.25, 0.3) is 0 Å². The highest BCUT2D eigenvalue weighted by Gasteiger charge is 2.14. The van der Waals surface area contributed by atoms with Gasteiger partial charge in [-0.15, -0.1) is 0 Å². The Morgan fingerprint density at radius 1 is 1.05 bits per heavy atom. The van der Waals surface area contributed by atoms with E-state index in [0.717, 1.165) is 17.8 Å². The minimum Gasteiger partial charge on any atom is -0.330 e. The van der Waals surface area contributed by atoms with Gasteiger partial charge in [0.05, 0.1) is 11.4 Å². The first kappa shape index (κ1) is 12.9. The zero-order valence-electron chi connectivity index (χ0n) is 11.9. The fourth-order valence-corrected chi connectivity index (χ4v) is 2.62. The fraction of sp³-hybridized carbons (Fsp3) is 0.235. The summed E-state index contributed by atoms with van der Waals surface area (Å²) in [6.07, 6.45) is 0.796. The third-order valence-corrected chi connectivity index (χ3v) is 3.62. The Balaban J connectivity index is 2.30. The number of aromatic nitrogens is 2. The zero-order chi connectivity index (χ0) is 14.1. The van der Waals surface area contributed by atoms with Crippen LogP contribution in [0.5, 0.6) is 0 Å². The highest BCUT2D eigenvalue weighted by Crippen LogP contribution is 2.27. The number of hydrogen-bond acceptors (Lipinski definition) is 2. The first-order chi connectivity index (χ1) is 9.70. The van der Waals surface area contributed by atoms with E-state index in [2.05, 4.69) is 48.6 Å². The van der Waals surface area contributed by atoms with Crippen molar-refractivity contribution in [2.75, 3.05) is 6.54 Å². The summed E-state index contributed by atoms with van der Waals surface area (Å²) in [7, 11) is 0. The van der Waals surface area contributed by atoms with E-state index < -0.39 is 0 Å². The summed E-state index contributed by atoms with van der Waals surface area (Å²) in [6, 6.07) is 14.8. The molecule has 3 heteroatoms. The molecule has 3 nitrogen and oxygen atoms in total. The molecule has 0 fully saturated rings. The van der Waals surface area contributed by atoms with E-state index in [4.69, 9.17) is 10.7 Å². The minimum absolute atomic E-state index is 0.613. The van der Waals surface area contributed by atoms with Crippen LogP contribution in [0.4, 0.5) is 0 Å². The van der Waals surface area contributed by atoms with Gasteiger partial charge in [-0.2, -0.15) is 0 Å². The molecule has 20 heavy (non-hydrogen) atoms. The van der Waals surface area contributed by atoms with Crippen molar-refractivity contribution >= 4 is 5.65 Å². The quantitative estimate of drug-likeness (QED) is 0.790. The van der Waals surface area contributed by atoms with Crippen LogP contribution in [0.1, 0.15) is 17.0 Å². The Kier molecular flexibility index (Phi) is 3.28. The van der Waals surface area contributed by atoms with Gasteiger partial charge in [-0.25, -0.2) is 4.98 Å². The van der Waals surface area contributed by atoms with E-state index in [9.17, 15) is 0 Å². The molecule has 0 saturated heterocycles. The molecular formula is C17H19N3. The fourth-order valence-electron chi connectivity index (χ4n) is 2.62. The number of pyridine rings is 1. The van der Waals surface area contributed by atoms with Crippen LogP contribution < -0.4 is 5.73 Å². The number of rotatable bonds is 3. The van der Waals surface area contributed by atoms with Crippen molar-refractivity contribution in [2.24, 2.45) is 5.73 Å². The standard InChI is InChI=1S/C17H19N3/c1-12-6-8-14(9-7-12)17-15(10-11-18)19-16-5-3-4-13(2)20(16)17/h3-9H,10-11,18H2,1-2H3. The average molecular weight is 265 g/mol. The van der Waals surface area contributed by atoms with Crippen molar-refractivity contribution in [3.05, 3.63) is 59.4 Å². The SMILES string of the molecule is Cc1ccc(-c2c(CCN)nc3cccc(C)n23)cc1. The second kappa shape index (κ2) is 5.10. The lowest BCUT2D eigenvalue weighted by molar-refractivity contribution is 0.938. The topological polar surface area (TPSA) is 43.3 Å². The van der Waals surface area contributed by atoms with Crippen LogP contribution >= 0.6 is 0 Å². The van der Waals surface area contributed by atoms with Gasteiger partial charge in [0.1, 0.15) is 5.65 Å². The zero-order valence-corrected chi connectivity index (χ0v) is 11.9. The van der Waals surface area contributed by atoms with Crippen molar-refractivity contribution in [1.82, 2.24) is 9.38 Å². The lowest BCUT2D eigenvalue weighted by Crippen LogP contribution is -2.04. The summed E-state index contributed by atoms with van der Waals surface area (Å²) >= 11 is 0. The maximum absolute atomic E-state index is 5.74. The van der Waals surface area contributed by atoms with Crippen LogP contribution in [0.25, 0.3) is 16.9 Å². The first-order valence-corrected chi connectivity index (χ1v) is 6.95. The van der Waals surface area contributed by atoms with Crippen molar-refractivity contribution in [3.8, 4) is 11.3 Å². The Morgan fingerprint density at radius 2 is 1.80 bits per heavy atom. The van der Waals surface area contributed by atoms with E-state index in [-0.39, 0.29) is 0 Å². The molecule has 0 aliphatic carbocycles. The van der Waals surface area contributed by atoms with Crippen LogP contribution in [0.15, 0.2) is 42.5 Å². The molecule has 3 rings (SSSR count). The molecule has 3 aromatic rings. The summed E-state index contributed by atoms with van der Waals surface area (Å²) in [5.41, 5.74) is 12.6. The maximum atomic E-state index is 5.74. The maximum Gasteiger partial charge on any atom is 0.137 e. The van der Waals surface area contributed by atoms with E-state index >= 15 is 0 Å². The van der Waals surface area contributed by atoms with E-state index in [0.29, 0.717) is 6.54 Å². The second-order valence-electron chi connectivity index (χ2n) is 5.17. The molecule has 2 heterocycles. The predicted molar refractivity (Wildman–Crippen MR) is 82.9 cm³/mol. The number of hydrogen-bond donors (Lipinski definition) is 1. The molecule has 0 aliphatic rings. The molecule has 0 atom stereocenters. The molecule has 2 N–H and O–H groups in total. The van der Waals surface area contributed by atoms with Gasteiger partial charge in [0.2, 0.25) is 0 Å². The summed E-state index contributed by atoms with van der Waals surface area (Å²) in [4.78, 5) is 4.75. The molecule has 0 radical (unpaired) electrons. The molecule has 102 valence electrons. The van der Waals surface area contributed by atoms with Gasteiger partial charge in [0.15, 0.2) is 0 Å². The minimum atomic E-state index is 0.613. The number of aryl methyl sites for hydroxylation is 2. The van der Waals surface area contributed by atoms with E-state index in [1.54, 1.807) is 0 Å². The van der Waals surface area contributed by atoms with Gasteiger partial charge < -0.3 is 5.73 Å². The number of imidazole rings is 1. The van der Waals surface area contributed by atoms with Gasteiger partial charge in [-0.1, -0.05) is 35.9 Å². The number of nitrogens with two attached hydrogens (primary N) is 1. The largest absolute Gasteiger partial charge is 0.330 e. The van der Waals surface area contributed by atoms with E-state index in [1.807, 2.05) is 12.1 Å². The molecule has 0 spiro atoms. The van der Waals surface area contributed by atoms with Gasteiger partial charge >= 0.3 is 0 Å². The summed E-state index contributed by atoms with van der Waals surface area (Å²) in [5, 5.41) is 0. The first-order valence-electron chi connectivity index (χ1n) is 6.95. The number of benzene rings is 1. The number of fused-ring (bicyclic) bond motifs is 1. The third-order valence-electron chi connectivity index (χ3n) is 3.62. The van der Waals surface area contributed by atoms with Crippen molar-refractivity contribution < 1.29 is 0 Å². The van der Waals surface area contributed by atoms with Crippen molar-refractivity contribution in [2.45, 2.75) is 20.3 Å². The summed E-state index contributed by atoms with van der Waals surface area (Å²) < 4.78 is 2.22. The van der Waals surface area contributed by atoms with Crippen LogP contribution in [-0.4, -0.2) is 15.9 Å². The predicted octanol–water partition coefficient (Wildman–Crippen LogP) is 3.12.